The molecule has 0 fully saturated rings. The van der Waals surface area contributed by atoms with Gasteiger partial charge in [-0.05, 0) is 30.0 Å². The Labute approximate surface area is 101 Å². The van der Waals surface area contributed by atoms with Gasteiger partial charge in [-0.1, -0.05) is 58.2 Å². The molecule has 16 heavy (non-hydrogen) atoms. The summed E-state index contributed by atoms with van der Waals surface area (Å²) >= 11 is 0. The van der Waals surface area contributed by atoms with Crippen LogP contribution in [0.2, 0.25) is 6.82 Å². The van der Waals surface area contributed by atoms with Crippen molar-refractivity contribution in [3.8, 4) is 0 Å². The Bertz CT molecular complexity index is 318. The van der Waals surface area contributed by atoms with Crippen LogP contribution in [0.5, 0.6) is 0 Å². The van der Waals surface area contributed by atoms with Gasteiger partial charge in [0.05, 0.1) is 0 Å². The van der Waals surface area contributed by atoms with Crippen molar-refractivity contribution in [2.45, 2.75) is 46.4 Å². The fraction of sp³-hybridized carbons (Fsp3) is 0.571. The molecule has 0 spiro atoms. The molecular formula is C14H24BN. The van der Waals surface area contributed by atoms with E-state index in [9.17, 15) is 0 Å². The highest BCUT2D eigenvalue weighted by Crippen LogP contribution is 2.19. The third-order valence-electron chi connectivity index (χ3n) is 3.28. The second-order valence-corrected chi connectivity index (χ2v) is 5.17. The molecule has 0 saturated carbocycles. The first-order valence-electron chi connectivity index (χ1n) is 6.29. The quantitative estimate of drug-likeness (QED) is 0.764. The van der Waals surface area contributed by atoms with E-state index in [1.165, 1.54) is 16.6 Å². The van der Waals surface area contributed by atoms with Gasteiger partial charge in [0.25, 0.3) is 6.85 Å². The summed E-state index contributed by atoms with van der Waals surface area (Å²) in [6, 6.07) is 6.72. The monoisotopic (exact) mass is 217 g/mol. The first-order valence-corrected chi connectivity index (χ1v) is 6.29. The van der Waals surface area contributed by atoms with Crippen molar-refractivity contribution in [2.75, 3.05) is 7.05 Å². The number of hydrogen-bond donors (Lipinski definition) is 1. The molecule has 0 atom stereocenters. The zero-order valence-electron chi connectivity index (χ0n) is 11.5. The normalized spacial score (nSPS) is 11.2. The maximum atomic E-state index is 3.37. The van der Waals surface area contributed by atoms with Gasteiger partial charge >= 0.3 is 0 Å². The lowest BCUT2D eigenvalue weighted by atomic mass is 9.54. The van der Waals surface area contributed by atoms with Crippen LogP contribution in [0.15, 0.2) is 18.2 Å². The maximum Gasteiger partial charge on any atom is 0.251 e. The van der Waals surface area contributed by atoms with Gasteiger partial charge in [-0.3, -0.25) is 0 Å². The number of rotatable bonds is 4. The summed E-state index contributed by atoms with van der Waals surface area (Å²) in [4.78, 5) is 0. The second-order valence-electron chi connectivity index (χ2n) is 5.17. The summed E-state index contributed by atoms with van der Waals surface area (Å²) < 4.78 is 0. The standard InChI is InChI=1S/C14H24BN/c1-10(2)12-8-7-9-13(11(3)4)14(12)15(5)16-6/h7-11,16H,1-6H3. The van der Waals surface area contributed by atoms with Crippen molar-refractivity contribution in [1.82, 2.24) is 5.23 Å². The SMILES string of the molecule is CNB(C)c1c(C(C)C)cccc1C(C)C. The van der Waals surface area contributed by atoms with Gasteiger partial charge in [-0.25, -0.2) is 0 Å². The summed E-state index contributed by atoms with van der Waals surface area (Å²) in [6.07, 6.45) is 0. The minimum atomic E-state index is 0.427. The molecule has 0 amide bonds. The van der Waals surface area contributed by atoms with E-state index in [4.69, 9.17) is 0 Å². The Morgan fingerprint density at radius 2 is 1.44 bits per heavy atom. The van der Waals surface area contributed by atoms with Crippen LogP contribution in [0.25, 0.3) is 0 Å². The number of hydrogen-bond acceptors (Lipinski definition) is 1. The van der Waals surface area contributed by atoms with Gasteiger partial charge in [0, 0.05) is 0 Å². The zero-order valence-corrected chi connectivity index (χ0v) is 11.5. The van der Waals surface area contributed by atoms with Crippen molar-refractivity contribution < 1.29 is 0 Å². The van der Waals surface area contributed by atoms with Crippen molar-refractivity contribution in [1.29, 1.82) is 0 Å². The van der Waals surface area contributed by atoms with Crippen molar-refractivity contribution >= 4 is 12.3 Å². The Morgan fingerprint density at radius 1 is 1.00 bits per heavy atom. The van der Waals surface area contributed by atoms with Crippen LogP contribution in [0, 0.1) is 0 Å². The molecule has 1 rings (SSSR count). The minimum Gasteiger partial charge on any atom is -0.355 e. The molecule has 0 bridgehead atoms. The molecule has 0 unspecified atom stereocenters. The lowest BCUT2D eigenvalue weighted by Gasteiger charge is -2.22. The lowest BCUT2D eigenvalue weighted by Crippen LogP contribution is -2.44. The Kier molecular flexibility index (Phi) is 4.61. The molecule has 1 aromatic carbocycles. The molecular weight excluding hydrogens is 193 g/mol. The van der Waals surface area contributed by atoms with Crippen LogP contribution in [-0.2, 0) is 0 Å². The minimum absolute atomic E-state index is 0.427. The van der Waals surface area contributed by atoms with Crippen LogP contribution in [0.4, 0.5) is 0 Å². The second kappa shape index (κ2) is 5.54. The molecule has 0 saturated heterocycles. The molecule has 0 heterocycles. The van der Waals surface area contributed by atoms with Gasteiger partial charge in [-0.15, -0.1) is 0 Å². The van der Waals surface area contributed by atoms with Crippen LogP contribution >= 0.6 is 0 Å². The molecule has 0 aliphatic heterocycles. The van der Waals surface area contributed by atoms with Crippen molar-refractivity contribution in [3.63, 3.8) is 0 Å². The summed E-state index contributed by atoms with van der Waals surface area (Å²) in [5.41, 5.74) is 4.45. The highest BCUT2D eigenvalue weighted by molar-refractivity contribution is 6.70. The summed E-state index contributed by atoms with van der Waals surface area (Å²) in [6.45, 7) is 11.7. The predicted molar refractivity (Wildman–Crippen MR) is 74.9 cm³/mol. The van der Waals surface area contributed by atoms with E-state index in [1.807, 2.05) is 7.05 Å². The average molecular weight is 217 g/mol. The molecule has 1 N–H and O–H groups in total. The smallest absolute Gasteiger partial charge is 0.251 e. The highest BCUT2D eigenvalue weighted by atomic mass is 14.7. The van der Waals surface area contributed by atoms with Crippen molar-refractivity contribution in [3.05, 3.63) is 29.3 Å². The van der Waals surface area contributed by atoms with Gasteiger partial charge in [0.1, 0.15) is 0 Å². The molecule has 1 nitrogen and oxygen atoms in total. The zero-order chi connectivity index (χ0) is 12.3. The Morgan fingerprint density at radius 3 is 1.75 bits per heavy atom. The fourth-order valence-electron chi connectivity index (χ4n) is 2.25. The summed E-state index contributed by atoms with van der Waals surface area (Å²) in [7, 11) is 2.03. The molecule has 0 radical (unpaired) electrons. The summed E-state index contributed by atoms with van der Waals surface area (Å²) in [5, 5.41) is 3.37. The first kappa shape index (κ1) is 13.3. The van der Waals surface area contributed by atoms with E-state index in [1.54, 1.807) is 0 Å². The third kappa shape index (κ3) is 2.68. The van der Waals surface area contributed by atoms with E-state index in [2.05, 4.69) is 57.9 Å². The maximum absolute atomic E-state index is 3.37. The molecule has 0 aliphatic carbocycles. The molecule has 88 valence electrons. The Balaban J connectivity index is 3.34. The summed E-state index contributed by atoms with van der Waals surface area (Å²) in [5.74, 6) is 1.17. The molecule has 1 aromatic rings. The predicted octanol–water partition coefficient (Wildman–Crippen LogP) is 2.98. The highest BCUT2D eigenvalue weighted by Gasteiger charge is 2.19. The van der Waals surface area contributed by atoms with Crippen LogP contribution < -0.4 is 10.7 Å². The number of benzene rings is 1. The van der Waals surface area contributed by atoms with Crippen LogP contribution in [-0.4, -0.2) is 13.9 Å². The molecule has 0 aliphatic rings. The van der Waals surface area contributed by atoms with Crippen molar-refractivity contribution in [2.24, 2.45) is 0 Å². The van der Waals surface area contributed by atoms with E-state index in [-0.39, 0.29) is 0 Å². The average Bonchev–Trinajstić information content (AvgIpc) is 2.26. The van der Waals surface area contributed by atoms with Crippen LogP contribution in [0.1, 0.15) is 50.7 Å². The molecule has 0 aromatic heterocycles. The fourth-order valence-corrected chi connectivity index (χ4v) is 2.25. The Hall–Kier alpha value is -0.755. The van der Waals surface area contributed by atoms with Crippen LogP contribution in [0.3, 0.4) is 0 Å². The molecule has 2 heteroatoms. The van der Waals surface area contributed by atoms with E-state index in [0.29, 0.717) is 18.7 Å². The van der Waals surface area contributed by atoms with Gasteiger partial charge in [0.2, 0.25) is 0 Å². The van der Waals surface area contributed by atoms with Gasteiger partial charge < -0.3 is 5.23 Å². The van der Waals surface area contributed by atoms with E-state index in [0.717, 1.165) is 0 Å². The lowest BCUT2D eigenvalue weighted by molar-refractivity contribution is 0.843. The number of nitrogens with one attached hydrogen (secondary N) is 1. The van der Waals surface area contributed by atoms with E-state index >= 15 is 0 Å². The third-order valence-corrected chi connectivity index (χ3v) is 3.28. The first-order chi connectivity index (χ1) is 7.49. The van der Waals surface area contributed by atoms with Gasteiger partial charge in [-0.2, -0.15) is 0 Å². The topological polar surface area (TPSA) is 12.0 Å². The van der Waals surface area contributed by atoms with Gasteiger partial charge in [0.15, 0.2) is 0 Å². The largest absolute Gasteiger partial charge is 0.355 e. The van der Waals surface area contributed by atoms with E-state index < -0.39 is 0 Å².